The SMILES string of the molecule is O=C(CCn1cc(S(=O)(=O)Cl)c(=O)[nH]c1=O)NC1CC1. The van der Waals surface area contributed by atoms with Gasteiger partial charge in [0, 0.05) is 35.9 Å². The topological polar surface area (TPSA) is 118 Å². The van der Waals surface area contributed by atoms with Crippen LogP contribution in [0.5, 0.6) is 0 Å². The van der Waals surface area contributed by atoms with E-state index in [1.807, 2.05) is 4.98 Å². The van der Waals surface area contributed by atoms with Crippen molar-refractivity contribution in [3.63, 3.8) is 0 Å². The Morgan fingerprint density at radius 1 is 1.45 bits per heavy atom. The molecule has 2 rings (SSSR count). The molecule has 1 fully saturated rings. The van der Waals surface area contributed by atoms with Gasteiger partial charge in [-0.05, 0) is 12.8 Å². The molecular formula is C10H12ClN3O5S. The highest BCUT2D eigenvalue weighted by molar-refractivity contribution is 8.13. The lowest BCUT2D eigenvalue weighted by Gasteiger charge is -2.06. The maximum Gasteiger partial charge on any atom is 0.328 e. The molecule has 1 aliphatic carbocycles. The number of halogens is 1. The second kappa shape index (κ2) is 5.41. The van der Waals surface area contributed by atoms with Gasteiger partial charge >= 0.3 is 5.69 Å². The zero-order valence-electron chi connectivity index (χ0n) is 10.3. The average molecular weight is 322 g/mol. The Morgan fingerprint density at radius 2 is 2.10 bits per heavy atom. The van der Waals surface area contributed by atoms with E-state index in [0.717, 1.165) is 23.6 Å². The third kappa shape index (κ3) is 3.70. The molecule has 2 N–H and O–H groups in total. The summed E-state index contributed by atoms with van der Waals surface area (Å²) in [6.07, 6.45) is 2.73. The highest BCUT2D eigenvalue weighted by atomic mass is 35.7. The van der Waals surface area contributed by atoms with E-state index >= 15 is 0 Å². The molecule has 10 heteroatoms. The summed E-state index contributed by atoms with van der Waals surface area (Å²) in [5, 5.41) is 2.73. The zero-order chi connectivity index (χ0) is 14.9. The Morgan fingerprint density at radius 3 is 2.65 bits per heavy atom. The number of hydrogen-bond acceptors (Lipinski definition) is 5. The number of aromatic nitrogens is 2. The van der Waals surface area contributed by atoms with Gasteiger partial charge in [-0.1, -0.05) is 0 Å². The van der Waals surface area contributed by atoms with Crippen molar-refractivity contribution >= 4 is 25.6 Å². The fourth-order valence-electron chi connectivity index (χ4n) is 1.58. The molecule has 0 aliphatic heterocycles. The Hall–Kier alpha value is -1.61. The minimum absolute atomic E-state index is 0.00419. The van der Waals surface area contributed by atoms with E-state index in [2.05, 4.69) is 5.32 Å². The van der Waals surface area contributed by atoms with Crippen LogP contribution in [0.3, 0.4) is 0 Å². The first kappa shape index (κ1) is 14.8. The van der Waals surface area contributed by atoms with Crippen LogP contribution in [0.1, 0.15) is 19.3 Å². The van der Waals surface area contributed by atoms with E-state index in [1.165, 1.54) is 0 Å². The normalized spacial score (nSPS) is 15.1. The Balaban J connectivity index is 2.16. The molecular weight excluding hydrogens is 310 g/mol. The molecule has 1 heterocycles. The molecule has 0 saturated heterocycles. The van der Waals surface area contributed by atoms with E-state index in [0.29, 0.717) is 0 Å². The van der Waals surface area contributed by atoms with Gasteiger partial charge in [0.2, 0.25) is 5.91 Å². The maximum atomic E-state index is 11.5. The van der Waals surface area contributed by atoms with Gasteiger partial charge < -0.3 is 5.32 Å². The molecule has 0 spiro atoms. The second-order valence-corrected chi connectivity index (χ2v) is 7.01. The molecule has 110 valence electrons. The van der Waals surface area contributed by atoms with Crippen LogP contribution in [0.4, 0.5) is 0 Å². The predicted molar refractivity (Wildman–Crippen MR) is 70.1 cm³/mol. The molecule has 8 nitrogen and oxygen atoms in total. The number of amides is 1. The largest absolute Gasteiger partial charge is 0.353 e. The predicted octanol–water partition coefficient (Wildman–Crippen LogP) is -0.867. The summed E-state index contributed by atoms with van der Waals surface area (Å²) in [7, 11) is 0.833. The standard InChI is InChI=1S/C10H12ClN3O5S/c11-20(18,19)7-5-14(10(17)13-9(7)16)4-3-8(15)12-6-1-2-6/h5-6H,1-4H2,(H,12,15)(H,13,16,17). The van der Waals surface area contributed by atoms with Crippen LogP contribution in [-0.4, -0.2) is 29.9 Å². The highest BCUT2D eigenvalue weighted by Gasteiger charge is 2.23. The Kier molecular flexibility index (Phi) is 4.00. The minimum atomic E-state index is -4.25. The number of aromatic amines is 1. The van der Waals surface area contributed by atoms with Crippen molar-refractivity contribution in [2.45, 2.75) is 36.7 Å². The van der Waals surface area contributed by atoms with Crippen molar-refractivity contribution in [1.29, 1.82) is 0 Å². The van der Waals surface area contributed by atoms with E-state index < -0.39 is 25.2 Å². The van der Waals surface area contributed by atoms with E-state index in [9.17, 15) is 22.8 Å². The van der Waals surface area contributed by atoms with E-state index in [-0.39, 0.29) is 24.9 Å². The molecule has 0 bridgehead atoms. The Bertz CT molecular complexity index is 747. The number of nitrogens with zero attached hydrogens (tertiary/aromatic N) is 1. The van der Waals surface area contributed by atoms with Crippen LogP contribution < -0.4 is 16.6 Å². The van der Waals surface area contributed by atoms with Crippen molar-refractivity contribution < 1.29 is 13.2 Å². The summed E-state index contributed by atoms with van der Waals surface area (Å²) >= 11 is 0. The smallest absolute Gasteiger partial charge is 0.328 e. The van der Waals surface area contributed by atoms with Gasteiger partial charge in [0.15, 0.2) is 4.90 Å². The monoisotopic (exact) mass is 321 g/mol. The van der Waals surface area contributed by atoms with Crippen molar-refractivity contribution in [2.75, 3.05) is 0 Å². The Labute approximate surface area is 118 Å². The van der Waals surface area contributed by atoms with Crippen LogP contribution in [0.15, 0.2) is 20.7 Å². The van der Waals surface area contributed by atoms with Gasteiger partial charge in [-0.3, -0.25) is 19.1 Å². The molecule has 1 aromatic rings. The van der Waals surface area contributed by atoms with Gasteiger partial charge in [-0.15, -0.1) is 0 Å². The number of hydrogen-bond donors (Lipinski definition) is 2. The van der Waals surface area contributed by atoms with Gasteiger partial charge in [-0.2, -0.15) is 0 Å². The summed E-state index contributed by atoms with van der Waals surface area (Å²) < 4.78 is 23.3. The first-order valence-corrected chi connectivity index (χ1v) is 8.16. The number of aryl methyl sites for hydroxylation is 1. The molecule has 1 aliphatic rings. The number of rotatable bonds is 5. The lowest BCUT2D eigenvalue weighted by Crippen LogP contribution is -2.34. The van der Waals surface area contributed by atoms with Gasteiger partial charge in [0.25, 0.3) is 14.6 Å². The molecule has 1 amide bonds. The summed E-state index contributed by atoms with van der Waals surface area (Å²) in [6, 6.07) is 0.202. The highest BCUT2D eigenvalue weighted by Crippen LogP contribution is 2.18. The molecule has 0 unspecified atom stereocenters. The van der Waals surface area contributed by atoms with Crippen LogP contribution in [0.2, 0.25) is 0 Å². The van der Waals surface area contributed by atoms with Gasteiger partial charge in [-0.25, -0.2) is 13.2 Å². The van der Waals surface area contributed by atoms with Crippen LogP contribution >= 0.6 is 10.7 Å². The number of carbonyl (C=O) groups is 1. The quantitative estimate of drug-likeness (QED) is 0.684. The number of H-pyrrole nitrogens is 1. The average Bonchev–Trinajstić information content (AvgIpc) is 3.10. The molecule has 0 atom stereocenters. The molecule has 0 aromatic carbocycles. The minimum Gasteiger partial charge on any atom is -0.353 e. The first-order valence-electron chi connectivity index (χ1n) is 5.85. The van der Waals surface area contributed by atoms with Crippen LogP contribution in [-0.2, 0) is 20.4 Å². The summed E-state index contributed by atoms with van der Waals surface area (Å²) in [5.74, 6) is -0.235. The molecule has 1 aromatic heterocycles. The molecule has 20 heavy (non-hydrogen) atoms. The van der Waals surface area contributed by atoms with Crippen molar-refractivity contribution in [2.24, 2.45) is 0 Å². The van der Waals surface area contributed by atoms with E-state index in [1.54, 1.807) is 0 Å². The van der Waals surface area contributed by atoms with Crippen molar-refractivity contribution in [3.8, 4) is 0 Å². The number of carbonyl (C=O) groups excluding carboxylic acids is 1. The maximum absolute atomic E-state index is 11.5. The zero-order valence-corrected chi connectivity index (χ0v) is 11.8. The van der Waals surface area contributed by atoms with E-state index in [4.69, 9.17) is 10.7 Å². The molecule has 1 saturated carbocycles. The molecule has 0 radical (unpaired) electrons. The van der Waals surface area contributed by atoms with Crippen LogP contribution in [0.25, 0.3) is 0 Å². The third-order valence-corrected chi connectivity index (χ3v) is 4.08. The fourth-order valence-corrected chi connectivity index (χ4v) is 2.43. The number of nitrogens with one attached hydrogen (secondary N) is 2. The van der Waals surface area contributed by atoms with Gasteiger partial charge in [0.1, 0.15) is 0 Å². The summed E-state index contributed by atoms with van der Waals surface area (Å²) in [6.45, 7) is -0.0480. The third-order valence-electron chi connectivity index (χ3n) is 2.76. The fraction of sp³-hybridized carbons (Fsp3) is 0.500. The lowest BCUT2D eigenvalue weighted by molar-refractivity contribution is -0.121. The lowest BCUT2D eigenvalue weighted by atomic mass is 10.4. The van der Waals surface area contributed by atoms with Crippen molar-refractivity contribution in [3.05, 3.63) is 27.0 Å². The first-order chi connectivity index (χ1) is 9.27. The summed E-state index contributed by atoms with van der Waals surface area (Å²) in [4.78, 5) is 35.4. The van der Waals surface area contributed by atoms with Gasteiger partial charge in [0.05, 0.1) is 0 Å². The summed E-state index contributed by atoms with van der Waals surface area (Å²) in [5.41, 5.74) is -1.87. The van der Waals surface area contributed by atoms with Crippen molar-refractivity contribution in [1.82, 2.24) is 14.9 Å². The second-order valence-electron chi connectivity index (χ2n) is 4.48. The van der Waals surface area contributed by atoms with Crippen LogP contribution in [0, 0.1) is 0 Å².